The van der Waals surface area contributed by atoms with E-state index in [1.165, 1.54) is 0 Å². The molecule has 0 saturated carbocycles. The lowest BCUT2D eigenvalue weighted by atomic mass is 10.0. The van der Waals surface area contributed by atoms with Crippen LogP contribution in [0.3, 0.4) is 0 Å². The van der Waals surface area contributed by atoms with Gasteiger partial charge in [0, 0.05) is 12.0 Å². The molecule has 0 atom stereocenters. The van der Waals surface area contributed by atoms with E-state index in [9.17, 15) is 27.6 Å². The molecule has 1 N–H and O–H groups in total. The van der Waals surface area contributed by atoms with Crippen molar-refractivity contribution in [2.75, 3.05) is 13.2 Å². The third-order valence-electron chi connectivity index (χ3n) is 3.72. The number of hydrogen-bond donors (Lipinski definition) is 1. The maximum atomic E-state index is 12.1. The first kappa shape index (κ1) is 21.1. The molecule has 0 bridgehead atoms. The molecule has 0 aliphatic heterocycles. The number of ketones is 1. The zero-order chi connectivity index (χ0) is 20.6. The van der Waals surface area contributed by atoms with Crippen LogP contribution >= 0.6 is 0 Å². The molecule has 28 heavy (non-hydrogen) atoms. The molecule has 0 spiro atoms. The van der Waals surface area contributed by atoms with Gasteiger partial charge in [-0.1, -0.05) is 54.6 Å². The Morgan fingerprint density at radius 3 is 2.07 bits per heavy atom. The van der Waals surface area contributed by atoms with Crippen LogP contribution in [0.15, 0.2) is 54.6 Å². The standard InChI is InChI=1S/C20H18F3NO4/c21-20(22,23)13-24-18(26)12-28-19(27)11-10-17(25)16-8-6-15(7-9-16)14-4-2-1-3-5-14/h1-9H,10-13H2,(H,24,26). The van der Waals surface area contributed by atoms with Gasteiger partial charge in [0.05, 0.1) is 6.42 Å². The smallest absolute Gasteiger partial charge is 0.405 e. The summed E-state index contributed by atoms with van der Waals surface area (Å²) in [5.74, 6) is -2.18. The molecule has 0 aliphatic carbocycles. The summed E-state index contributed by atoms with van der Waals surface area (Å²) in [7, 11) is 0. The Morgan fingerprint density at radius 1 is 0.857 bits per heavy atom. The summed E-state index contributed by atoms with van der Waals surface area (Å²) in [4.78, 5) is 34.8. The van der Waals surface area contributed by atoms with Crippen LogP contribution in [-0.4, -0.2) is 37.0 Å². The van der Waals surface area contributed by atoms with Gasteiger partial charge in [0.25, 0.3) is 5.91 Å². The number of carbonyl (C=O) groups is 3. The molecular weight excluding hydrogens is 375 g/mol. The maximum Gasteiger partial charge on any atom is 0.405 e. The van der Waals surface area contributed by atoms with Gasteiger partial charge >= 0.3 is 12.1 Å². The first-order chi connectivity index (χ1) is 13.2. The second kappa shape index (κ2) is 9.68. The summed E-state index contributed by atoms with van der Waals surface area (Å²) < 4.78 is 40.4. The van der Waals surface area contributed by atoms with Gasteiger partial charge in [0.2, 0.25) is 0 Å². The number of ether oxygens (including phenoxy) is 1. The van der Waals surface area contributed by atoms with Gasteiger partial charge in [0.1, 0.15) is 6.54 Å². The van der Waals surface area contributed by atoms with Crippen molar-refractivity contribution in [1.29, 1.82) is 0 Å². The average molecular weight is 393 g/mol. The first-order valence-electron chi connectivity index (χ1n) is 8.42. The van der Waals surface area contributed by atoms with Crippen molar-refractivity contribution in [3.05, 3.63) is 60.2 Å². The highest BCUT2D eigenvalue weighted by molar-refractivity contribution is 5.98. The number of benzene rings is 2. The molecule has 5 nitrogen and oxygen atoms in total. The van der Waals surface area contributed by atoms with Crippen molar-refractivity contribution < 1.29 is 32.3 Å². The Kier molecular flexibility index (Phi) is 7.31. The zero-order valence-electron chi connectivity index (χ0n) is 14.8. The summed E-state index contributed by atoms with van der Waals surface area (Å²) >= 11 is 0. The number of amides is 1. The van der Waals surface area contributed by atoms with Gasteiger partial charge < -0.3 is 10.1 Å². The molecule has 2 rings (SSSR count). The lowest BCUT2D eigenvalue weighted by Crippen LogP contribution is -2.36. The van der Waals surface area contributed by atoms with E-state index in [1.807, 2.05) is 30.3 Å². The van der Waals surface area contributed by atoms with E-state index in [4.69, 9.17) is 0 Å². The third-order valence-corrected chi connectivity index (χ3v) is 3.72. The fourth-order valence-electron chi connectivity index (χ4n) is 2.31. The highest BCUT2D eigenvalue weighted by atomic mass is 19.4. The highest BCUT2D eigenvalue weighted by Gasteiger charge is 2.27. The van der Waals surface area contributed by atoms with Crippen LogP contribution in [0.4, 0.5) is 13.2 Å². The molecule has 2 aromatic carbocycles. The summed E-state index contributed by atoms with van der Waals surface area (Å²) in [6.07, 6.45) is -4.94. The van der Waals surface area contributed by atoms with E-state index in [2.05, 4.69) is 4.74 Å². The fraction of sp³-hybridized carbons (Fsp3) is 0.250. The minimum atomic E-state index is -4.54. The fourth-order valence-corrected chi connectivity index (χ4v) is 2.31. The van der Waals surface area contributed by atoms with Crippen LogP contribution in [0.2, 0.25) is 0 Å². The first-order valence-corrected chi connectivity index (χ1v) is 8.42. The van der Waals surface area contributed by atoms with Crippen molar-refractivity contribution in [3.63, 3.8) is 0 Å². The second-order valence-corrected chi connectivity index (χ2v) is 5.92. The van der Waals surface area contributed by atoms with Crippen molar-refractivity contribution in [2.24, 2.45) is 0 Å². The maximum absolute atomic E-state index is 12.1. The van der Waals surface area contributed by atoms with E-state index in [1.54, 1.807) is 29.6 Å². The third kappa shape index (κ3) is 7.22. The Hall–Kier alpha value is -3.16. The van der Waals surface area contributed by atoms with Gasteiger partial charge in [0.15, 0.2) is 12.4 Å². The van der Waals surface area contributed by atoms with Gasteiger partial charge in [-0.2, -0.15) is 13.2 Å². The molecule has 0 unspecified atom stereocenters. The average Bonchev–Trinajstić information content (AvgIpc) is 2.69. The van der Waals surface area contributed by atoms with E-state index in [0.717, 1.165) is 11.1 Å². The number of carbonyl (C=O) groups excluding carboxylic acids is 3. The molecule has 0 radical (unpaired) electrons. The molecule has 0 saturated heterocycles. The second-order valence-electron chi connectivity index (χ2n) is 5.92. The minimum Gasteiger partial charge on any atom is -0.456 e. The van der Waals surface area contributed by atoms with E-state index >= 15 is 0 Å². The molecule has 0 aliphatic rings. The molecule has 2 aromatic rings. The lowest BCUT2D eigenvalue weighted by Gasteiger charge is -2.08. The minimum absolute atomic E-state index is 0.131. The largest absolute Gasteiger partial charge is 0.456 e. The topological polar surface area (TPSA) is 72.5 Å². The normalized spacial score (nSPS) is 11.0. The highest BCUT2D eigenvalue weighted by Crippen LogP contribution is 2.20. The van der Waals surface area contributed by atoms with Crippen LogP contribution in [0.5, 0.6) is 0 Å². The Bertz CT molecular complexity index is 818. The van der Waals surface area contributed by atoms with Gasteiger partial charge in [-0.3, -0.25) is 14.4 Å². The molecule has 0 fully saturated rings. The Morgan fingerprint density at radius 2 is 1.46 bits per heavy atom. The van der Waals surface area contributed by atoms with Gasteiger partial charge in [-0.15, -0.1) is 0 Å². The van der Waals surface area contributed by atoms with Crippen molar-refractivity contribution >= 4 is 17.7 Å². The summed E-state index contributed by atoms with van der Waals surface area (Å²) in [6, 6.07) is 16.5. The van der Waals surface area contributed by atoms with Gasteiger partial charge in [-0.25, -0.2) is 0 Å². The molecular formula is C20H18F3NO4. The monoisotopic (exact) mass is 393 g/mol. The number of hydrogen-bond acceptors (Lipinski definition) is 4. The summed E-state index contributed by atoms with van der Waals surface area (Å²) in [6.45, 7) is -2.32. The van der Waals surface area contributed by atoms with E-state index < -0.39 is 31.2 Å². The zero-order valence-corrected chi connectivity index (χ0v) is 14.8. The van der Waals surface area contributed by atoms with Crippen LogP contribution in [0.25, 0.3) is 11.1 Å². The number of halogens is 3. The number of nitrogens with one attached hydrogen (secondary N) is 1. The summed E-state index contributed by atoms with van der Waals surface area (Å²) in [5.41, 5.74) is 2.38. The van der Waals surface area contributed by atoms with E-state index in [0.29, 0.717) is 5.56 Å². The van der Waals surface area contributed by atoms with E-state index in [-0.39, 0.29) is 18.6 Å². The number of rotatable bonds is 8. The van der Waals surface area contributed by atoms with Crippen LogP contribution < -0.4 is 5.32 Å². The molecule has 8 heteroatoms. The van der Waals surface area contributed by atoms with Gasteiger partial charge in [-0.05, 0) is 11.1 Å². The van der Waals surface area contributed by atoms with Crippen molar-refractivity contribution in [1.82, 2.24) is 5.32 Å². The Labute approximate surface area is 159 Å². The van der Waals surface area contributed by atoms with Crippen LogP contribution in [0.1, 0.15) is 23.2 Å². The lowest BCUT2D eigenvalue weighted by molar-refractivity contribution is -0.151. The molecule has 0 aromatic heterocycles. The Balaban J connectivity index is 1.75. The van der Waals surface area contributed by atoms with Crippen LogP contribution in [-0.2, 0) is 14.3 Å². The predicted molar refractivity (Wildman–Crippen MR) is 95.5 cm³/mol. The number of alkyl halides is 3. The predicted octanol–water partition coefficient (Wildman–Crippen LogP) is 3.54. The number of esters is 1. The quantitative estimate of drug-likeness (QED) is 0.550. The molecule has 1 amide bonds. The molecule has 0 heterocycles. The van der Waals surface area contributed by atoms with Crippen molar-refractivity contribution in [2.45, 2.75) is 19.0 Å². The van der Waals surface area contributed by atoms with Crippen molar-refractivity contribution in [3.8, 4) is 11.1 Å². The van der Waals surface area contributed by atoms with Crippen LogP contribution in [0, 0.1) is 0 Å². The SMILES string of the molecule is O=C(COC(=O)CCC(=O)c1ccc(-c2ccccc2)cc1)NCC(F)(F)F. The number of Topliss-reactive ketones (excluding diaryl/α,β-unsaturated/α-hetero) is 1. The summed E-state index contributed by atoms with van der Waals surface area (Å²) in [5, 5.41) is 1.58. The molecule has 148 valence electrons.